The smallest absolute Gasteiger partial charge is 0.290 e. The molecule has 0 saturated heterocycles. The number of hydrogen-bond acceptors (Lipinski definition) is 2. The van der Waals surface area contributed by atoms with E-state index in [0.29, 0.717) is 0 Å². The van der Waals surface area contributed by atoms with Crippen LogP contribution in [0.15, 0.2) is 18.3 Å². The molecule has 0 spiro atoms. The molecule has 0 aliphatic rings. The fraction of sp³-hybridized carbons (Fsp3) is 0.143. The Hall–Kier alpha value is -1.45. The number of rotatable bonds is 0. The van der Waals surface area contributed by atoms with Crippen LogP contribution in [0.3, 0.4) is 0 Å². The minimum Gasteiger partial charge on any atom is -0.483 e. The first-order valence-electron chi connectivity index (χ1n) is 2.86. The van der Waals surface area contributed by atoms with Gasteiger partial charge in [0.2, 0.25) is 0 Å². The van der Waals surface area contributed by atoms with Crippen LogP contribution >= 0.6 is 0 Å². The summed E-state index contributed by atoms with van der Waals surface area (Å²) >= 11 is 0. The fourth-order valence-electron chi connectivity index (χ4n) is 0.450. The Morgan fingerprint density at radius 3 is 2.45 bits per heavy atom. The van der Waals surface area contributed by atoms with Gasteiger partial charge in [0.15, 0.2) is 0 Å². The monoisotopic (exact) mass is 157 g/mol. The minimum atomic E-state index is -0.282. The molecule has 0 bridgehead atoms. The molecule has 0 saturated carbocycles. The van der Waals surface area contributed by atoms with E-state index in [1.165, 1.54) is 12.3 Å². The zero-order valence-corrected chi connectivity index (χ0v) is 5.99. The standard InChI is InChI=1S/C6H6FN.CH2O2/c1-5-2-3-6(7)4-8-5;2-1-3/h2-4H,1H3;1H,(H,2,3). The van der Waals surface area contributed by atoms with Gasteiger partial charge in [0.1, 0.15) is 5.82 Å². The molecule has 0 amide bonds. The van der Waals surface area contributed by atoms with Gasteiger partial charge in [-0.25, -0.2) is 4.39 Å². The van der Waals surface area contributed by atoms with Crippen LogP contribution in [0.25, 0.3) is 0 Å². The average Bonchev–Trinajstić information content (AvgIpc) is 1.97. The van der Waals surface area contributed by atoms with Crippen molar-refractivity contribution in [1.82, 2.24) is 4.98 Å². The Bertz CT molecular complexity index is 189. The number of nitrogens with zero attached hydrogens (tertiary/aromatic N) is 1. The maximum absolute atomic E-state index is 12.0. The van der Waals surface area contributed by atoms with Crippen molar-refractivity contribution in [2.24, 2.45) is 0 Å². The lowest BCUT2D eigenvalue weighted by atomic mass is 10.4. The lowest BCUT2D eigenvalue weighted by molar-refractivity contribution is -0.122. The topological polar surface area (TPSA) is 50.2 Å². The maximum Gasteiger partial charge on any atom is 0.290 e. The molecule has 11 heavy (non-hydrogen) atoms. The molecule has 0 atom stereocenters. The van der Waals surface area contributed by atoms with E-state index in [-0.39, 0.29) is 12.3 Å². The van der Waals surface area contributed by atoms with Crippen molar-refractivity contribution in [1.29, 1.82) is 0 Å². The molecule has 1 heterocycles. The highest BCUT2D eigenvalue weighted by Gasteiger charge is 1.84. The van der Waals surface area contributed by atoms with Crippen molar-refractivity contribution in [2.45, 2.75) is 6.92 Å². The van der Waals surface area contributed by atoms with E-state index in [1.807, 2.05) is 6.92 Å². The van der Waals surface area contributed by atoms with E-state index in [1.54, 1.807) is 6.07 Å². The van der Waals surface area contributed by atoms with Gasteiger partial charge in [-0.05, 0) is 19.1 Å². The summed E-state index contributed by atoms with van der Waals surface area (Å²) < 4.78 is 12.0. The van der Waals surface area contributed by atoms with Gasteiger partial charge in [-0.1, -0.05) is 0 Å². The zero-order valence-electron chi connectivity index (χ0n) is 5.99. The summed E-state index contributed by atoms with van der Waals surface area (Å²) in [5, 5.41) is 6.89. The predicted octanol–water partition coefficient (Wildman–Crippen LogP) is 1.23. The SMILES string of the molecule is Cc1ccc(F)cn1.O=CO. The highest BCUT2D eigenvalue weighted by Crippen LogP contribution is 1.94. The first-order chi connectivity index (χ1) is 5.20. The van der Waals surface area contributed by atoms with Gasteiger partial charge >= 0.3 is 0 Å². The van der Waals surface area contributed by atoms with Crippen LogP contribution in [0, 0.1) is 12.7 Å². The summed E-state index contributed by atoms with van der Waals surface area (Å²) in [6.45, 7) is 1.57. The largest absolute Gasteiger partial charge is 0.483 e. The number of hydrogen-bond donors (Lipinski definition) is 1. The Morgan fingerprint density at radius 2 is 2.18 bits per heavy atom. The van der Waals surface area contributed by atoms with Crippen molar-refractivity contribution < 1.29 is 14.3 Å². The van der Waals surface area contributed by atoms with Crippen molar-refractivity contribution in [3.8, 4) is 0 Å². The number of halogens is 1. The number of aromatic nitrogens is 1. The third-order valence-corrected chi connectivity index (χ3v) is 0.875. The average molecular weight is 157 g/mol. The van der Waals surface area contributed by atoms with E-state index >= 15 is 0 Å². The summed E-state index contributed by atoms with van der Waals surface area (Å²) in [6.07, 6.45) is 1.20. The molecule has 1 N–H and O–H groups in total. The summed E-state index contributed by atoms with van der Waals surface area (Å²) in [4.78, 5) is 12.1. The first-order valence-corrected chi connectivity index (χ1v) is 2.86. The third kappa shape index (κ3) is 5.02. The normalized spacial score (nSPS) is 7.82. The number of carboxylic acid groups (broad SMARTS) is 1. The fourth-order valence-corrected chi connectivity index (χ4v) is 0.450. The maximum atomic E-state index is 12.0. The molecular weight excluding hydrogens is 149 g/mol. The Balaban J connectivity index is 0.000000292. The molecule has 60 valence electrons. The molecule has 1 aromatic heterocycles. The van der Waals surface area contributed by atoms with Gasteiger partial charge in [-0.2, -0.15) is 0 Å². The second-order valence-electron chi connectivity index (χ2n) is 1.72. The van der Waals surface area contributed by atoms with Crippen LogP contribution in [0.5, 0.6) is 0 Å². The van der Waals surface area contributed by atoms with Crippen molar-refractivity contribution in [3.63, 3.8) is 0 Å². The van der Waals surface area contributed by atoms with E-state index in [0.717, 1.165) is 5.69 Å². The molecule has 1 aromatic rings. The molecule has 0 unspecified atom stereocenters. The summed E-state index contributed by atoms with van der Waals surface area (Å²) in [6, 6.07) is 3.03. The molecule has 0 fully saturated rings. The number of aryl methyl sites for hydroxylation is 1. The lowest BCUT2D eigenvalue weighted by Crippen LogP contribution is -1.79. The van der Waals surface area contributed by atoms with Gasteiger partial charge in [0.05, 0.1) is 6.20 Å². The Morgan fingerprint density at radius 1 is 1.64 bits per heavy atom. The Labute approximate surface area is 63.5 Å². The Kier molecular flexibility index (Phi) is 4.64. The second-order valence-corrected chi connectivity index (χ2v) is 1.72. The van der Waals surface area contributed by atoms with Crippen LogP contribution in [-0.4, -0.2) is 16.6 Å². The first kappa shape index (κ1) is 9.55. The molecule has 4 heteroatoms. The summed E-state index contributed by atoms with van der Waals surface area (Å²) in [5.41, 5.74) is 0.839. The van der Waals surface area contributed by atoms with Crippen molar-refractivity contribution >= 4 is 6.47 Å². The van der Waals surface area contributed by atoms with Crippen molar-refractivity contribution in [2.75, 3.05) is 0 Å². The van der Waals surface area contributed by atoms with E-state index in [4.69, 9.17) is 9.90 Å². The van der Waals surface area contributed by atoms with Gasteiger partial charge in [0.25, 0.3) is 6.47 Å². The molecule has 1 rings (SSSR count). The van der Waals surface area contributed by atoms with Gasteiger partial charge in [-0.15, -0.1) is 0 Å². The third-order valence-electron chi connectivity index (χ3n) is 0.875. The molecule has 0 aliphatic carbocycles. The van der Waals surface area contributed by atoms with Crippen LogP contribution in [0.4, 0.5) is 4.39 Å². The second kappa shape index (κ2) is 5.34. The zero-order chi connectivity index (χ0) is 8.69. The highest BCUT2D eigenvalue weighted by molar-refractivity contribution is 5.32. The number of carbonyl (C=O) groups is 1. The predicted molar refractivity (Wildman–Crippen MR) is 37.6 cm³/mol. The summed E-state index contributed by atoms with van der Waals surface area (Å²) in [5.74, 6) is -0.282. The van der Waals surface area contributed by atoms with Crippen LogP contribution in [-0.2, 0) is 4.79 Å². The number of pyridine rings is 1. The molecule has 0 radical (unpaired) electrons. The quantitative estimate of drug-likeness (QED) is 0.576. The molecule has 0 aliphatic heterocycles. The summed E-state index contributed by atoms with van der Waals surface area (Å²) in [7, 11) is 0. The lowest BCUT2D eigenvalue weighted by Gasteiger charge is -1.86. The molecular formula is C7H8FNO2. The van der Waals surface area contributed by atoms with Gasteiger partial charge < -0.3 is 5.11 Å². The molecule has 3 nitrogen and oxygen atoms in total. The van der Waals surface area contributed by atoms with Crippen LogP contribution < -0.4 is 0 Å². The molecule has 0 aromatic carbocycles. The minimum absolute atomic E-state index is 0.250. The van der Waals surface area contributed by atoms with E-state index in [9.17, 15) is 4.39 Å². The van der Waals surface area contributed by atoms with E-state index < -0.39 is 0 Å². The van der Waals surface area contributed by atoms with Crippen molar-refractivity contribution in [3.05, 3.63) is 29.8 Å². The van der Waals surface area contributed by atoms with E-state index in [2.05, 4.69) is 4.98 Å². The van der Waals surface area contributed by atoms with Gasteiger partial charge in [0, 0.05) is 5.69 Å². The highest BCUT2D eigenvalue weighted by atomic mass is 19.1. The van der Waals surface area contributed by atoms with Crippen LogP contribution in [0.2, 0.25) is 0 Å². The van der Waals surface area contributed by atoms with Crippen LogP contribution in [0.1, 0.15) is 5.69 Å². The van der Waals surface area contributed by atoms with Gasteiger partial charge in [-0.3, -0.25) is 9.78 Å².